The SMILES string of the molecule is CCN(CC)CC(C[SiH2]OC(C)C)(CN(CC)CC)CN(CC)CC. The summed E-state index contributed by atoms with van der Waals surface area (Å²) in [5.41, 5.74) is 0.325. The molecule has 0 aliphatic rings. The molecule has 0 aliphatic carbocycles. The van der Waals surface area contributed by atoms with Gasteiger partial charge in [0.25, 0.3) is 0 Å². The van der Waals surface area contributed by atoms with Crippen LogP contribution in [0.3, 0.4) is 0 Å². The molecule has 0 N–H and O–H groups in total. The zero-order valence-corrected chi connectivity index (χ0v) is 20.0. The van der Waals surface area contributed by atoms with Gasteiger partial charge in [0.1, 0.15) is 0 Å². The van der Waals surface area contributed by atoms with Crippen LogP contribution in [0.15, 0.2) is 0 Å². The molecule has 0 rings (SSSR count). The molecule has 152 valence electrons. The fourth-order valence-corrected chi connectivity index (χ4v) is 5.16. The average molecular weight is 374 g/mol. The molecule has 0 heterocycles. The van der Waals surface area contributed by atoms with Crippen molar-refractivity contribution in [1.29, 1.82) is 0 Å². The van der Waals surface area contributed by atoms with Gasteiger partial charge in [-0.1, -0.05) is 41.5 Å². The monoisotopic (exact) mass is 373 g/mol. The van der Waals surface area contributed by atoms with E-state index in [1.807, 2.05) is 0 Å². The van der Waals surface area contributed by atoms with Crippen molar-refractivity contribution < 1.29 is 4.43 Å². The highest BCUT2D eigenvalue weighted by Crippen LogP contribution is 2.28. The quantitative estimate of drug-likeness (QED) is 0.387. The average Bonchev–Trinajstić information content (AvgIpc) is 2.61. The van der Waals surface area contributed by atoms with Crippen LogP contribution in [-0.4, -0.2) is 89.5 Å². The lowest BCUT2D eigenvalue weighted by molar-refractivity contribution is 0.0735. The Morgan fingerprint density at radius 3 is 1.24 bits per heavy atom. The molecule has 0 spiro atoms. The number of rotatable bonds is 16. The highest BCUT2D eigenvalue weighted by atomic mass is 28.2. The Labute approximate surface area is 161 Å². The van der Waals surface area contributed by atoms with E-state index in [9.17, 15) is 0 Å². The van der Waals surface area contributed by atoms with Crippen LogP contribution < -0.4 is 0 Å². The first kappa shape index (κ1) is 25.1. The molecule has 0 radical (unpaired) electrons. The largest absolute Gasteiger partial charge is 0.422 e. The fraction of sp³-hybridized carbons (Fsp3) is 1.00. The second-order valence-electron chi connectivity index (χ2n) is 7.55. The molecule has 0 unspecified atom stereocenters. The summed E-state index contributed by atoms with van der Waals surface area (Å²) >= 11 is 0. The third-order valence-electron chi connectivity index (χ3n) is 5.44. The Balaban J connectivity index is 5.46. The predicted molar refractivity (Wildman–Crippen MR) is 115 cm³/mol. The number of hydrogen-bond acceptors (Lipinski definition) is 4. The van der Waals surface area contributed by atoms with Gasteiger partial charge in [-0.2, -0.15) is 0 Å². The Hall–Kier alpha value is 0.0569. The van der Waals surface area contributed by atoms with Gasteiger partial charge >= 0.3 is 0 Å². The smallest absolute Gasteiger partial charge is 0.162 e. The zero-order chi connectivity index (χ0) is 19.3. The molecule has 0 aromatic heterocycles. The van der Waals surface area contributed by atoms with E-state index in [-0.39, 0.29) is 0 Å². The van der Waals surface area contributed by atoms with Gasteiger partial charge in [0.05, 0.1) is 0 Å². The maximum absolute atomic E-state index is 6.13. The topological polar surface area (TPSA) is 19.0 Å². The lowest BCUT2D eigenvalue weighted by Crippen LogP contribution is -2.52. The van der Waals surface area contributed by atoms with E-state index < -0.39 is 9.76 Å². The lowest BCUT2D eigenvalue weighted by Gasteiger charge is -2.44. The van der Waals surface area contributed by atoms with Crippen molar-refractivity contribution in [3.05, 3.63) is 0 Å². The Morgan fingerprint density at radius 1 is 0.680 bits per heavy atom. The van der Waals surface area contributed by atoms with Gasteiger partial charge in [-0.05, 0) is 59.2 Å². The van der Waals surface area contributed by atoms with Crippen LogP contribution in [0.2, 0.25) is 6.04 Å². The normalized spacial score (nSPS) is 13.4. The fourth-order valence-electron chi connectivity index (χ4n) is 3.66. The zero-order valence-electron chi connectivity index (χ0n) is 18.6. The molecule has 0 fully saturated rings. The minimum absolute atomic E-state index is 0.325. The summed E-state index contributed by atoms with van der Waals surface area (Å²) in [7, 11) is -0.495. The highest BCUT2D eigenvalue weighted by Gasteiger charge is 2.35. The van der Waals surface area contributed by atoms with Crippen LogP contribution in [0, 0.1) is 5.41 Å². The van der Waals surface area contributed by atoms with E-state index in [0.717, 1.165) is 39.3 Å². The van der Waals surface area contributed by atoms with E-state index in [4.69, 9.17) is 4.43 Å². The maximum Gasteiger partial charge on any atom is 0.162 e. The highest BCUT2D eigenvalue weighted by molar-refractivity contribution is 6.27. The molecule has 0 bridgehead atoms. The molecule has 0 saturated carbocycles. The van der Waals surface area contributed by atoms with Crippen LogP contribution in [0.4, 0.5) is 0 Å². The van der Waals surface area contributed by atoms with Crippen molar-refractivity contribution in [2.75, 3.05) is 58.9 Å². The van der Waals surface area contributed by atoms with Crippen LogP contribution in [0.1, 0.15) is 55.4 Å². The third-order valence-corrected chi connectivity index (χ3v) is 7.61. The van der Waals surface area contributed by atoms with E-state index in [2.05, 4.69) is 70.1 Å². The first-order chi connectivity index (χ1) is 11.9. The first-order valence-electron chi connectivity index (χ1n) is 10.7. The minimum Gasteiger partial charge on any atom is -0.422 e. The van der Waals surface area contributed by atoms with Gasteiger partial charge in [0.2, 0.25) is 0 Å². The molecular weight excluding hydrogens is 326 g/mol. The molecule has 0 aromatic carbocycles. The summed E-state index contributed by atoms with van der Waals surface area (Å²) in [5.74, 6) is 0. The van der Waals surface area contributed by atoms with Crippen LogP contribution >= 0.6 is 0 Å². The second-order valence-corrected chi connectivity index (χ2v) is 8.80. The van der Waals surface area contributed by atoms with Gasteiger partial charge in [-0.3, -0.25) is 0 Å². The third kappa shape index (κ3) is 10.1. The summed E-state index contributed by atoms with van der Waals surface area (Å²) in [6.45, 7) is 28.6. The van der Waals surface area contributed by atoms with E-state index in [1.54, 1.807) is 0 Å². The molecule has 5 heteroatoms. The van der Waals surface area contributed by atoms with Crippen molar-refractivity contribution in [3.63, 3.8) is 0 Å². The number of nitrogens with zero attached hydrogens (tertiary/aromatic N) is 3. The Bertz CT molecular complexity index is 267. The second kappa shape index (κ2) is 14.2. The van der Waals surface area contributed by atoms with Gasteiger partial charge in [-0.15, -0.1) is 0 Å². The molecule has 4 nitrogen and oxygen atoms in total. The molecular formula is C20H47N3OSi. The molecule has 25 heavy (non-hydrogen) atoms. The van der Waals surface area contributed by atoms with Crippen molar-refractivity contribution in [2.45, 2.75) is 67.5 Å². The molecule has 0 saturated heterocycles. The summed E-state index contributed by atoms with van der Waals surface area (Å²) < 4.78 is 6.13. The molecule has 0 atom stereocenters. The molecule has 0 aromatic rings. The van der Waals surface area contributed by atoms with Crippen molar-refractivity contribution in [2.24, 2.45) is 5.41 Å². The number of hydrogen-bond donors (Lipinski definition) is 0. The minimum atomic E-state index is -0.495. The van der Waals surface area contributed by atoms with E-state index in [1.165, 1.54) is 25.7 Å². The summed E-state index contributed by atoms with van der Waals surface area (Å²) in [5, 5.41) is 0. The van der Waals surface area contributed by atoms with Gasteiger partial charge in [-0.25, -0.2) is 0 Å². The summed E-state index contributed by atoms with van der Waals surface area (Å²) in [6, 6.07) is 1.27. The van der Waals surface area contributed by atoms with Gasteiger partial charge < -0.3 is 19.1 Å². The standard InChI is InChI=1S/C20H47N3OSi/c1-9-21(10-2)15-20(16-22(11-3)12-4,17-23(13-5)14-6)18-25-24-19(7)8/h19H,9-18,25H2,1-8H3. The Morgan fingerprint density at radius 2 is 1.00 bits per heavy atom. The van der Waals surface area contributed by atoms with E-state index in [0.29, 0.717) is 11.5 Å². The van der Waals surface area contributed by atoms with Gasteiger partial charge in [0.15, 0.2) is 9.76 Å². The maximum atomic E-state index is 6.13. The first-order valence-corrected chi connectivity index (χ1v) is 12.3. The van der Waals surface area contributed by atoms with Crippen LogP contribution in [-0.2, 0) is 4.43 Å². The van der Waals surface area contributed by atoms with E-state index >= 15 is 0 Å². The Kier molecular flexibility index (Phi) is 14.2. The van der Waals surface area contributed by atoms with Crippen molar-refractivity contribution in [1.82, 2.24) is 14.7 Å². The van der Waals surface area contributed by atoms with Crippen molar-refractivity contribution >= 4 is 9.76 Å². The van der Waals surface area contributed by atoms with Crippen molar-refractivity contribution in [3.8, 4) is 0 Å². The lowest BCUT2D eigenvalue weighted by atomic mass is 9.87. The van der Waals surface area contributed by atoms with Gasteiger partial charge in [0, 0.05) is 31.2 Å². The molecule has 0 aliphatic heterocycles. The van der Waals surface area contributed by atoms with Crippen LogP contribution in [0.25, 0.3) is 0 Å². The predicted octanol–water partition coefficient (Wildman–Crippen LogP) is 2.93. The molecule has 0 amide bonds. The summed E-state index contributed by atoms with van der Waals surface area (Å²) in [4.78, 5) is 7.87. The summed E-state index contributed by atoms with van der Waals surface area (Å²) in [6.07, 6.45) is 0.375. The van der Waals surface area contributed by atoms with Crippen LogP contribution in [0.5, 0.6) is 0 Å².